The van der Waals surface area contributed by atoms with E-state index in [9.17, 15) is 9.90 Å². The first kappa shape index (κ1) is 27.1. The first-order chi connectivity index (χ1) is 17.1. The highest BCUT2D eigenvalue weighted by molar-refractivity contribution is 5.76. The van der Waals surface area contributed by atoms with E-state index >= 15 is 0 Å². The highest BCUT2D eigenvalue weighted by Gasteiger charge is 2.26. The fourth-order valence-corrected chi connectivity index (χ4v) is 5.06. The molecule has 2 aliphatic heterocycles. The van der Waals surface area contributed by atoms with Gasteiger partial charge in [-0.15, -0.1) is 19.1 Å². The number of carbonyl (C=O) groups is 1. The molecule has 0 radical (unpaired) electrons. The molecular formula is C29H42N2O4. The Morgan fingerprint density at radius 3 is 2.54 bits per heavy atom. The van der Waals surface area contributed by atoms with Gasteiger partial charge in [-0.1, -0.05) is 18.4 Å². The van der Waals surface area contributed by atoms with Crippen molar-refractivity contribution in [2.75, 3.05) is 32.8 Å². The number of amides is 1. The summed E-state index contributed by atoms with van der Waals surface area (Å²) in [7, 11) is 0. The van der Waals surface area contributed by atoms with Crippen molar-refractivity contribution in [3.8, 4) is 23.3 Å². The number of unbranched alkanes of at least 4 members (excludes halogenated alkanes) is 1. The zero-order valence-corrected chi connectivity index (χ0v) is 21.2. The van der Waals surface area contributed by atoms with E-state index in [1.807, 2.05) is 12.1 Å². The SMILES string of the molecule is C=C.O=C(CCCC#CC1(O)CCCCC1)NC(Cc1ccc2c(c1)OCCO2)CN1CCCC1. The number of nitrogens with zero attached hydrogens (tertiary/aromatic N) is 1. The Labute approximate surface area is 211 Å². The Bertz CT molecular complexity index is 863. The lowest BCUT2D eigenvalue weighted by atomic mass is 9.85. The van der Waals surface area contributed by atoms with Crippen LogP contribution in [0.25, 0.3) is 0 Å². The van der Waals surface area contributed by atoms with E-state index in [0.717, 1.165) is 75.2 Å². The van der Waals surface area contributed by atoms with Crippen molar-refractivity contribution in [1.82, 2.24) is 10.2 Å². The third kappa shape index (κ3) is 8.91. The maximum atomic E-state index is 12.7. The molecule has 2 heterocycles. The molecule has 2 fully saturated rings. The van der Waals surface area contributed by atoms with Crippen LogP contribution >= 0.6 is 0 Å². The third-order valence-electron chi connectivity index (χ3n) is 6.84. The number of fused-ring (bicyclic) bond motifs is 1. The van der Waals surface area contributed by atoms with Crippen molar-refractivity contribution >= 4 is 5.91 Å². The Balaban J connectivity index is 0.00000167. The van der Waals surface area contributed by atoms with Crippen molar-refractivity contribution < 1.29 is 19.4 Å². The van der Waals surface area contributed by atoms with Gasteiger partial charge in [-0.25, -0.2) is 0 Å². The van der Waals surface area contributed by atoms with E-state index in [0.29, 0.717) is 26.1 Å². The molecule has 2 N–H and O–H groups in total. The molecule has 0 bridgehead atoms. The first-order valence-electron chi connectivity index (χ1n) is 13.2. The molecule has 0 aromatic heterocycles. The van der Waals surface area contributed by atoms with Gasteiger partial charge in [0.25, 0.3) is 0 Å². The van der Waals surface area contributed by atoms with E-state index in [-0.39, 0.29) is 11.9 Å². The molecule has 0 spiro atoms. The number of rotatable bonds is 8. The van der Waals surface area contributed by atoms with Crippen LogP contribution in [0, 0.1) is 11.8 Å². The summed E-state index contributed by atoms with van der Waals surface area (Å²) in [5.74, 6) is 7.85. The number of carbonyl (C=O) groups excluding carboxylic acids is 1. The third-order valence-corrected chi connectivity index (χ3v) is 6.84. The normalized spacial score (nSPS) is 19.5. The molecule has 192 valence electrons. The summed E-state index contributed by atoms with van der Waals surface area (Å²) in [6, 6.07) is 6.15. The number of nitrogens with one attached hydrogen (secondary N) is 1. The number of benzene rings is 1. The molecule has 3 aliphatic rings. The minimum absolute atomic E-state index is 0.0622. The van der Waals surface area contributed by atoms with E-state index < -0.39 is 5.60 Å². The fourth-order valence-electron chi connectivity index (χ4n) is 5.06. The molecule has 4 rings (SSSR count). The second-order valence-corrected chi connectivity index (χ2v) is 9.70. The molecule has 6 nitrogen and oxygen atoms in total. The largest absolute Gasteiger partial charge is 0.486 e. The topological polar surface area (TPSA) is 71.0 Å². The Morgan fingerprint density at radius 2 is 1.80 bits per heavy atom. The van der Waals surface area contributed by atoms with E-state index in [1.54, 1.807) is 0 Å². The monoisotopic (exact) mass is 482 g/mol. The van der Waals surface area contributed by atoms with E-state index in [4.69, 9.17) is 9.47 Å². The summed E-state index contributed by atoms with van der Waals surface area (Å²) in [5.41, 5.74) is 0.348. The molecule has 1 saturated heterocycles. The standard InChI is InChI=1S/C27H38N2O4.C2H4/c30-26(9-3-1-4-12-27(31)13-5-2-6-14-27)28-23(21-29-15-7-8-16-29)19-22-10-11-24-25(20-22)33-18-17-32-24;1-2/h10-11,20,23,31H,1-3,5-9,13-19,21H2,(H,28,30);1-2H2. The zero-order valence-electron chi connectivity index (χ0n) is 21.2. The molecule has 6 heteroatoms. The molecule has 1 aliphatic carbocycles. The summed E-state index contributed by atoms with van der Waals surface area (Å²) in [4.78, 5) is 15.1. The molecule has 1 saturated carbocycles. The van der Waals surface area contributed by atoms with Gasteiger partial charge in [0.05, 0.1) is 0 Å². The zero-order chi connectivity index (χ0) is 24.9. The van der Waals surface area contributed by atoms with Crippen LogP contribution in [0.4, 0.5) is 0 Å². The molecular weight excluding hydrogens is 440 g/mol. The van der Waals surface area contributed by atoms with Crippen LogP contribution < -0.4 is 14.8 Å². The molecule has 1 amide bonds. The highest BCUT2D eigenvalue weighted by atomic mass is 16.6. The van der Waals surface area contributed by atoms with Crippen molar-refractivity contribution in [3.63, 3.8) is 0 Å². The second kappa shape index (κ2) is 14.2. The van der Waals surface area contributed by atoms with Gasteiger partial charge in [0.1, 0.15) is 18.8 Å². The van der Waals surface area contributed by atoms with Gasteiger partial charge in [-0.05, 0) is 82.2 Å². The number of likely N-dealkylation sites (tertiary alicyclic amines) is 1. The van der Waals surface area contributed by atoms with Crippen LogP contribution in [0.3, 0.4) is 0 Å². The van der Waals surface area contributed by atoms with Gasteiger partial charge in [-0.3, -0.25) is 4.79 Å². The minimum Gasteiger partial charge on any atom is -0.486 e. The lowest BCUT2D eigenvalue weighted by molar-refractivity contribution is -0.122. The Kier molecular flexibility index (Phi) is 11.0. The molecule has 1 aromatic carbocycles. The quantitative estimate of drug-likeness (QED) is 0.329. The predicted molar refractivity (Wildman–Crippen MR) is 140 cm³/mol. The first-order valence-corrected chi connectivity index (χ1v) is 13.2. The predicted octanol–water partition coefficient (Wildman–Crippen LogP) is 4.25. The van der Waals surface area contributed by atoms with Crippen LogP contribution in [0.1, 0.15) is 69.8 Å². The molecule has 1 aromatic rings. The highest BCUT2D eigenvalue weighted by Crippen LogP contribution is 2.31. The van der Waals surface area contributed by atoms with Gasteiger partial charge < -0.3 is 24.8 Å². The maximum Gasteiger partial charge on any atom is 0.220 e. The van der Waals surface area contributed by atoms with Crippen molar-refractivity contribution in [2.45, 2.75) is 82.3 Å². The Morgan fingerprint density at radius 1 is 1.09 bits per heavy atom. The van der Waals surface area contributed by atoms with Crippen molar-refractivity contribution in [3.05, 3.63) is 36.9 Å². The number of hydrogen-bond acceptors (Lipinski definition) is 5. The summed E-state index contributed by atoms with van der Waals surface area (Å²) in [6.07, 6.45) is 9.91. The van der Waals surface area contributed by atoms with Gasteiger partial charge in [0, 0.05) is 25.4 Å². The van der Waals surface area contributed by atoms with E-state index in [2.05, 4.69) is 41.3 Å². The Hall–Kier alpha value is -2.49. The molecule has 35 heavy (non-hydrogen) atoms. The van der Waals surface area contributed by atoms with Gasteiger partial charge in [-0.2, -0.15) is 0 Å². The summed E-state index contributed by atoms with van der Waals surface area (Å²) >= 11 is 0. The number of ether oxygens (including phenoxy) is 2. The summed E-state index contributed by atoms with van der Waals surface area (Å²) in [5, 5.41) is 13.7. The van der Waals surface area contributed by atoms with Gasteiger partial charge in [0.15, 0.2) is 11.5 Å². The second-order valence-electron chi connectivity index (χ2n) is 9.70. The van der Waals surface area contributed by atoms with Crippen LogP contribution in [0.15, 0.2) is 31.4 Å². The minimum atomic E-state index is -0.801. The number of hydrogen-bond donors (Lipinski definition) is 2. The van der Waals surface area contributed by atoms with Crippen LogP contribution in [-0.2, 0) is 11.2 Å². The summed E-state index contributed by atoms with van der Waals surface area (Å²) < 4.78 is 11.4. The maximum absolute atomic E-state index is 12.7. The smallest absolute Gasteiger partial charge is 0.220 e. The lowest BCUT2D eigenvalue weighted by Crippen LogP contribution is -2.44. The van der Waals surface area contributed by atoms with E-state index in [1.165, 1.54) is 19.3 Å². The summed E-state index contributed by atoms with van der Waals surface area (Å²) in [6.45, 7) is 10.2. The molecule has 1 unspecified atom stereocenters. The molecule has 1 atom stereocenters. The average Bonchev–Trinajstić information content (AvgIpc) is 3.38. The van der Waals surface area contributed by atoms with Crippen molar-refractivity contribution in [1.29, 1.82) is 0 Å². The van der Waals surface area contributed by atoms with Crippen LogP contribution in [0.5, 0.6) is 11.5 Å². The van der Waals surface area contributed by atoms with Gasteiger partial charge >= 0.3 is 0 Å². The van der Waals surface area contributed by atoms with Crippen LogP contribution in [-0.4, -0.2) is 60.4 Å². The van der Waals surface area contributed by atoms with Gasteiger partial charge in [0.2, 0.25) is 5.91 Å². The lowest BCUT2D eigenvalue weighted by Gasteiger charge is -2.26. The van der Waals surface area contributed by atoms with Crippen molar-refractivity contribution in [2.24, 2.45) is 0 Å². The number of aliphatic hydroxyl groups is 1. The fraction of sp³-hybridized carbons (Fsp3) is 0.621. The van der Waals surface area contributed by atoms with Crippen LogP contribution in [0.2, 0.25) is 0 Å². The average molecular weight is 483 g/mol.